The number of likely N-dealkylation sites (N-methyl/N-ethyl adjacent to an activating group) is 1. The maximum absolute atomic E-state index is 13.4. The number of anilines is 2. The summed E-state index contributed by atoms with van der Waals surface area (Å²) in [5.74, 6) is -1.50. The first-order valence-corrected chi connectivity index (χ1v) is 10.3. The summed E-state index contributed by atoms with van der Waals surface area (Å²) in [4.78, 5) is 17.2. The van der Waals surface area contributed by atoms with Gasteiger partial charge in [-0.05, 0) is 80.2 Å². The number of carbonyl (C=O) groups excluding carboxylic acids is 1. The molecule has 31 heavy (non-hydrogen) atoms. The number of amides is 1. The number of hydrogen-bond acceptors (Lipinski definition) is 3. The first kappa shape index (κ1) is 21.0. The van der Waals surface area contributed by atoms with Gasteiger partial charge in [0.1, 0.15) is 11.6 Å². The average Bonchev–Trinajstić information content (AvgIpc) is 3.24. The van der Waals surface area contributed by atoms with E-state index in [2.05, 4.69) is 29.2 Å². The molecule has 1 fully saturated rings. The Morgan fingerprint density at radius 1 is 0.935 bits per heavy atom. The molecule has 1 atom stereocenters. The van der Waals surface area contributed by atoms with Crippen molar-refractivity contribution in [2.75, 3.05) is 37.4 Å². The van der Waals surface area contributed by atoms with Crippen molar-refractivity contribution in [3.63, 3.8) is 0 Å². The molecule has 1 saturated heterocycles. The van der Waals surface area contributed by atoms with Crippen molar-refractivity contribution in [1.82, 2.24) is 4.90 Å². The first-order valence-electron chi connectivity index (χ1n) is 10.3. The van der Waals surface area contributed by atoms with E-state index in [1.165, 1.54) is 12.1 Å². The summed E-state index contributed by atoms with van der Waals surface area (Å²) in [7, 11) is 4.21. The molecule has 4 nitrogen and oxygen atoms in total. The monoisotopic (exact) mass is 421 g/mol. The van der Waals surface area contributed by atoms with Gasteiger partial charge in [0.05, 0.1) is 0 Å². The summed E-state index contributed by atoms with van der Waals surface area (Å²) < 4.78 is 26.9. The predicted octanol–water partition coefficient (Wildman–Crippen LogP) is 5.02. The minimum absolute atomic E-state index is 0.237. The van der Waals surface area contributed by atoms with Crippen molar-refractivity contribution in [3.05, 3.63) is 83.9 Å². The van der Waals surface area contributed by atoms with Crippen LogP contribution >= 0.6 is 0 Å². The SMILES string of the molecule is CN(C)C1CCN(c2ccc(NC(=O)c3ccc(-c4cc(F)cc(F)c4)cc3)cc2)C1. The summed E-state index contributed by atoms with van der Waals surface area (Å²) >= 11 is 0. The standard InChI is InChI=1S/C25H25F2N3O/c1-29(2)24-11-12-30(16-24)23-9-7-22(8-10-23)28-25(31)18-5-3-17(4-6-18)19-13-20(26)15-21(27)14-19/h3-10,13-15,24H,11-12,16H2,1-2H3,(H,28,31). The summed E-state index contributed by atoms with van der Waals surface area (Å²) in [5.41, 5.74) is 3.40. The van der Waals surface area contributed by atoms with Gasteiger partial charge in [0, 0.05) is 42.1 Å². The predicted molar refractivity (Wildman–Crippen MR) is 120 cm³/mol. The average molecular weight is 421 g/mol. The lowest BCUT2D eigenvalue weighted by Crippen LogP contribution is -2.31. The Morgan fingerprint density at radius 3 is 2.16 bits per heavy atom. The molecule has 1 unspecified atom stereocenters. The van der Waals surface area contributed by atoms with Crippen LogP contribution in [0.3, 0.4) is 0 Å². The number of carbonyl (C=O) groups is 1. The van der Waals surface area contributed by atoms with Crippen LogP contribution in [0.4, 0.5) is 20.2 Å². The molecule has 0 aliphatic carbocycles. The van der Waals surface area contributed by atoms with E-state index in [0.29, 0.717) is 28.4 Å². The van der Waals surface area contributed by atoms with Gasteiger partial charge < -0.3 is 15.1 Å². The van der Waals surface area contributed by atoms with Gasteiger partial charge in [0.25, 0.3) is 5.91 Å². The molecule has 1 aliphatic heterocycles. The normalized spacial score (nSPS) is 16.0. The molecular weight excluding hydrogens is 396 g/mol. The van der Waals surface area contributed by atoms with Crippen molar-refractivity contribution in [2.24, 2.45) is 0 Å². The van der Waals surface area contributed by atoms with E-state index in [-0.39, 0.29) is 5.91 Å². The molecule has 0 radical (unpaired) electrons. The zero-order chi connectivity index (χ0) is 22.0. The van der Waals surface area contributed by atoms with Crippen LogP contribution in [0.15, 0.2) is 66.7 Å². The number of halogens is 2. The highest BCUT2D eigenvalue weighted by atomic mass is 19.1. The van der Waals surface area contributed by atoms with Gasteiger partial charge in [-0.1, -0.05) is 12.1 Å². The number of nitrogens with zero attached hydrogens (tertiary/aromatic N) is 2. The zero-order valence-corrected chi connectivity index (χ0v) is 17.6. The Kier molecular flexibility index (Phi) is 6.00. The van der Waals surface area contributed by atoms with Crippen molar-refractivity contribution in [3.8, 4) is 11.1 Å². The van der Waals surface area contributed by atoms with Crippen LogP contribution in [0.1, 0.15) is 16.8 Å². The lowest BCUT2D eigenvalue weighted by molar-refractivity contribution is 0.102. The summed E-state index contributed by atoms with van der Waals surface area (Å²) in [6, 6.07) is 18.4. The van der Waals surface area contributed by atoms with Crippen molar-refractivity contribution in [2.45, 2.75) is 12.5 Å². The smallest absolute Gasteiger partial charge is 0.255 e. The Balaban J connectivity index is 1.40. The highest BCUT2D eigenvalue weighted by Crippen LogP contribution is 2.25. The highest BCUT2D eigenvalue weighted by Gasteiger charge is 2.24. The second kappa shape index (κ2) is 8.86. The van der Waals surface area contributed by atoms with Crippen LogP contribution < -0.4 is 10.2 Å². The maximum atomic E-state index is 13.4. The number of benzene rings is 3. The van der Waals surface area contributed by atoms with E-state index < -0.39 is 11.6 Å². The Hall–Kier alpha value is -3.25. The van der Waals surface area contributed by atoms with Crippen molar-refractivity contribution < 1.29 is 13.6 Å². The molecule has 3 aromatic carbocycles. The largest absolute Gasteiger partial charge is 0.370 e. The maximum Gasteiger partial charge on any atom is 0.255 e. The van der Waals surface area contributed by atoms with Crippen LogP contribution in [0.2, 0.25) is 0 Å². The fourth-order valence-corrected chi connectivity index (χ4v) is 3.89. The third-order valence-electron chi connectivity index (χ3n) is 5.73. The molecule has 0 bridgehead atoms. The Bertz CT molecular complexity index is 1040. The van der Waals surface area contributed by atoms with Gasteiger partial charge in [-0.15, -0.1) is 0 Å². The third kappa shape index (κ3) is 4.91. The van der Waals surface area contributed by atoms with Gasteiger partial charge in [-0.2, -0.15) is 0 Å². The second-order valence-electron chi connectivity index (χ2n) is 8.09. The molecular formula is C25H25F2N3O. The van der Waals surface area contributed by atoms with E-state index in [1.54, 1.807) is 24.3 Å². The molecule has 1 aliphatic rings. The minimum atomic E-state index is -0.633. The van der Waals surface area contributed by atoms with Crippen LogP contribution in [0.25, 0.3) is 11.1 Å². The molecule has 6 heteroatoms. The molecule has 1 heterocycles. The lowest BCUT2D eigenvalue weighted by atomic mass is 10.0. The van der Waals surface area contributed by atoms with Gasteiger partial charge in [-0.3, -0.25) is 4.79 Å². The molecule has 1 N–H and O–H groups in total. The Labute approximate surface area is 181 Å². The Morgan fingerprint density at radius 2 is 1.58 bits per heavy atom. The molecule has 3 aromatic rings. The first-order chi connectivity index (χ1) is 14.9. The molecule has 0 saturated carbocycles. The van der Waals surface area contributed by atoms with Crippen molar-refractivity contribution >= 4 is 17.3 Å². The van der Waals surface area contributed by atoms with E-state index in [0.717, 1.165) is 31.3 Å². The van der Waals surface area contributed by atoms with Gasteiger partial charge in [-0.25, -0.2) is 8.78 Å². The van der Waals surface area contributed by atoms with Gasteiger partial charge in [0.2, 0.25) is 0 Å². The molecule has 160 valence electrons. The minimum Gasteiger partial charge on any atom is -0.370 e. The highest BCUT2D eigenvalue weighted by molar-refractivity contribution is 6.04. The molecule has 1 amide bonds. The van der Waals surface area contributed by atoms with Gasteiger partial charge >= 0.3 is 0 Å². The zero-order valence-electron chi connectivity index (χ0n) is 17.6. The van der Waals surface area contributed by atoms with Crippen molar-refractivity contribution in [1.29, 1.82) is 0 Å². The van der Waals surface area contributed by atoms with E-state index in [1.807, 2.05) is 24.3 Å². The molecule has 4 rings (SSSR count). The summed E-state index contributed by atoms with van der Waals surface area (Å²) in [6.07, 6.45) is 1.14. The summed E-state index contributed by atoms with van der Waals surface area (Å²) in [5, 5.41) is 2.89. The number of hydrogen-bond donors (Lipinski definition) is 1. The lowest BCUT2D eigenvalue weighted by Gasteiger charge is -2.22. The van der Waals surface area contributed by atoms with Crippen LogP contribution in [0, 0.1) is 11.6 Å². The number of rotatable bonds is 5. The second-order valence-corrected chi connectivity index (χ2v) is 8.09. The van der Waals surface area contributed by atoms with E-state index in [4.69, 9.17) is 0 Å². The van der Waals surface area contributed by atoms with Crippen LogP contribution in [0.5, 0.6) is 0 Å². The fourth-order valence-electron chi connectivity index (χ4n) is 3.89. The molecule has 0 aromatic heterocycles. The third-order valence-corrected chi connectivity index (χ3v) is 5.73. The van der Waals surface area contributed by atoms with E-state index in [9.17, 15) is 13.6 Å². The topological polar surface area (TPSA) is 35.6 Å². The van der Waals surface area contributed by atoms with Gasteiger partial charge in [0.15, 0.2) is 0 Å². The summed E-state index contributed by atoms with van der Waals surface area (Å²) in [6.45, 7) is 2.02. The molecule has 0 spiro atoms. The van der Waals surface area contributed by atoms with E-state index >= 15 is 0 Å². The quantitative estimate of drug-likeness (QED) is 0.628. The van der Waals surface area contributed by atoms with Crippen LogP contribution in [-0.4, -0.2) is 44.0 Å². The fraction of sp³-hybridized carbons (Fsp3) is 0.240. The van der Waals surface area contributed by atoms with Crippen LogP contribution in [-0.2, 0) is 0 Å². The number of nitrogens with one attached hydrogen (secondary N) is 1.